The van der Waals surface area contributed by atoms with Gasteiger partial charge in [0.05, 0.1) is 28.0 Å². The SMILES string of the molecule is OC12CCC[N+]1(Cc1ccccc1)CCC2.[O-][Cl+3]([O-])([O-])O. The van der Waals surface area contributed by atoms with E-state index < -0.39 is 16.0 Å². The van der Waals surface area contributed by atoms with Gasteiger partial charge in [-0.15, -0.1) is 0 Å². The molecular weight excluding hydrogens is 298 g/mol. The summed E-state index contributed by atoms with van der Waals surface area (Å²) in [4.78, 5) is 0. The van der Waals surface area contributed by atoms with E-state index in [4.69, 9.17) is 18.6 Å². The molecule has 0 radical (unpaired) electrons. The molecule has 2 aliphatic rings. The lowest BCUT2D eigenvalue weighted by atomic mass is 10.1. The lowest BCUT2D eigenvalue weighted by Crippen LogP contribution is -2.58. The summed E-state index contributed by atoms with van der Waals surface area (Å²) in [7, 11) is -4.69. The molecule has 2 saturated heterocycles. The fourth-order valence-corrected chi connectivity index (χ4v) is 3.70. The van der Waals surface area contributed by atoms with Crippen LogP contribution in [0.1, 0.15) is 31.2 Å². The van der Waals surface area contributed by atoms with E-state index in [2.05, 4.69) is 30.3 Å². The Labute approximate surface area is 126 Å². The van der Waals surface area contributed by atoms with Crippen molar-refractivity contribution in [2.75, 3.05) is 13.1 Å². The van der Waals surface area contributed by atoms with Crippen molar-refractivity contribution in [3.05, 3.63) is 35.9 Å². The topological polar surface area (TPSA) is 110 Å². The van der Waals surface area contributed by atoms with E-state index in [0.717, 1.165) is 37.0 Å². The van der Waals surface area contributed by atoms with Gasteiger partial charge in [-0.1, -0.05) is 30.3 Å². The minimum Gasteiger partial charge on any atom is -0.342 e. The number of quaternary nitrogens is 1. The Hall–Kier alpha value is -0.730. The average Bonchev–Trinajstić information content (AvgIpc) is 2.81. The molecule has 0 amide bonds. The summed E-state index contributed by atoms with van der Waals surface area (Å²) >= 11 is 0. The number of halogens is 1. The molecule has 3 rings (SSSR count). The minimum absolute atomic E-state index is 0.407. The van der Waals surface area contributed by atoms with Crippen LogP contribution < -0.4 is 14.0 Å². The highest BCUT2D eigenvalue weighted by atomic mass is 35.7. The number of rotatable bonds is 2. The molecule has 118 valence electrons. The van der Waals surface area contributed by atoms with E-state index in [-0.39, 0.29) is 0 Å². The predicted octanol–water partition coefficient (Wildman–Crippen LogP) is -1.84. The van der Waals surface area contributed by atoms with Gasteiger partial charge in [0.25, 0.3) is 0 Å². The smallest absolute Gasteiger partial charge is 0.201 e. The maximum Gasteiger partial charge on any atom is 0.201 e. The summed E-state index contributed by atoms with van der Waals surface area (Å²) in [5, 5.41) is 10.7. The van der Waals surface area contributed by atoms with Crippen molar-refractivity contribution in [3.63, 3.8) is 0 Å². The van der Waals surface area contributed by atoms with Crippen LogP contribution in [0.25, 0.3) is 0 Å². The normalized spacial score (nSPS) is 31.5. The summed E-state index contributed by atoms with van der Waals surface area (Å²) in [5.41, 5.74) is 0.959. The minimum atomic E-state index is -4.69. The van der Waals surface area contributed by atoms with Gasteiger partial charge in [-0.2, -0.15) is 14.0 Å². The molecule has 1 aromatic rings. The van der Waals surface area contributed by atoms with Gasteiger partial charge in [0.15, 0.2) is 0 Å². The van der Waals surface area contributed by atoms with E-state index >= 15 is 0 Å². The van der Waals surface area contributed by atoms with Crippen LogP contribution in [0.3, 0.4) is 0 Å². The van der Waals surface area contributed by atoms with Gasteiger partial charge >= 0.3 is 0 Å². The standard InChI is InChI=1S/C14H20NO.ClHO4/c16-14-8-4-10-15(14,11-5-9-14)12-13-6-2-1-3-7-13;2-1(3,4)5/h1-3,6-7,16H,4-5,8-12H2;(H,2,3,4,5)/q+1;. The first-order valence-corrected chi connectivity index (χ1v) is 8.26. The van der Waals surface area contributed by atoms with Crippen LogP contribution in [0.4, 0.5) is 0 Å². The number of hydrogen-bond acceptors (Lipinski definition) is 5. The third-order valence-corrected chi connectivity index (χ3v) is 4.54. The van der Waals surface area contributed by atoms with Crippen molar-refractivity contribution in [2.24, 2.45) is 0 Å². The molecule has 7 heteroatoms. The van der Waals surface area contributed by atoms with Gasteiger partial charge in [-0.25, -0.2) is 0 Å². The number of aliphatic hydroxyl groups is 1. The summed E-state index contributed by atoms with van der Waals surface area (Å²) in [6, 6.07) is 10.6. The highest BCUT2D eigenvalue weighted by Crippen LogP contribution is 2.45. The number of fused-ring (bicyclic) bond motifs is 1. The molecule has 0 unspecified atom stereocenters. The van der Waals surface area contributed by atoms with Crippen LogP contribution in [0.15, 0.2) is 30.3 Å². The highest BCUT2D eigenvalue weighted by molar-refractivity contribution is 5.13. The van der Waals surface area contributed by atoms with Gasteiger partial charge in [0.2, 0.25) is 5.72 Å². The van der Waals surface area contributed by atoms with Crippen LogP contribution in [0, 0.1) is 10.2 Å². The maximum absolute atomic E-state index is 10.7. The summed E-state index contributed by atoms with van der Waals surface area (Å²) in [6.07, 6.45) is 4.37. The predicted molar refractivity (Wildman–Crippen MR) is 65.8 cm³/mol. The van der Waals surface area contributed by atoms with Crippen LogP contribution in [-0.2, 0) is 6.54 Å². The molecule has 1 aromatic carbocycles. The largest absolute Gasteiger partial charge is 0.342 e. The van der Waals surface area contributed by atoms with E-state index in [1.807, 2.05) is 0 Å². The Morgan fingerprint density at radius 1 is 1.05 bits per heavy atom. The molecule has 2 fully saturated rings. The Morgan fingerprint density at radius 3 is 2.00 bits per heavy atom. The van der Waals surface area contributed by atoms with Crippen LogP contribution in [-0.4, -0.2) is 33.1 Å². The zero-order valence-corrected chi connectivity index (χ0v) is 12.5. The Balaban J connectivity index is 0.000000282. The van der Waals surface area contributed by atoms with Gasteiger partial charge in [-0.05, 0) is 0 Å². The third-order valence-electron chi connectivity index (χ3n) is 4.54. The maximum atomic E-state index is 10.7. The quantitative estimate of drug-likeness (QED) is 0.622. The first-order chi connectivity index (χ1) is 9.74. The van der Waals surface area contributed by atoms with Crippen LogP contribution >= 0.6 is 0 Å². The van der Waals surface area contributed by atoms with E-state index in [1.54, 1.807) is 0 Å². The molecule has 0 spiro atoms. The summed E-state index contributed by atoms with van der Waals surface area (Å²) < 4.78 is 33.6. The fourth-order valence-electron chi connectivity index (χ4n) is 3.70. The van der Waals surface area contributed by atoms with Gasteiger partial charge in [0, 0.05) is 31.2 Å². The molecule has 0 saturated carbocycles. The number of benzene rings is 1. The van der Waals surface area contributed by atoms with E-state index in [0.29, 0.717) is 0 Å². The molecule has 0 atom stereocenters. The lowest BCUT2D eigenvalue weighted by molar-refractivity contribution is -1.92. The van der Waals surface area contributed by atoms with Crippen molar-refractivity contribution in [1.29, 1.82) is 0 Å². The van der Waals surface area contributed by atoms with Crippen molar-refractivity contribution in [1.82, 2.24) is 0 Å². The number of nitrogens with zero attached hydrogens (tertiary/aromatic N) is 1. The van der Waals surface area contributed by atoms with Crippen LogP contribution in [0.5, 0.6) is 0 Å². The average molecular weight is 319 g/mol. The second kappa shape index (κ2) is 6.18. The van der Waals surface area contributed by atoms with Crippen molar-refractivity contribution < 1.29 is 38.5 Å². The van der Waals surface area contributed by atoms with E-state index in [9.17, 15) is 5.11 Å². The van der Waals surface area contributed by atoms with Crippen molar-refractivity contribution in [2.45, 2.75) is 38.0 Å². The van der Waals surface area contributed by atoms with Gasteiger partial charge in [0.1, 0.15) is 6.54 Å². The van der Waals surface area contributed by atoms with Crippen molar-refractivity contribution >= 4 is 0 Å². The fraction of sp³-hybridized carbons (Fsp3) is 0.571. The van der Waals surface area contributed by atoms with Gasteiger partial charge in [-0.3, -0.25) is 4.48 Å². The first kappa shape index (κ1) is 16.6. The highest BCUT2D eigenvalue weighted by Gasteiger charge is 2.57. The second-order valence-corrected chi connectivity index (χ2v) is 6.61. The van der Waals surface area contributed by atoms with Crippen LogP contribution in [0.2, 0.25) is 0 Å². The number of hydrogen-bond donors (Lipinski definition) is 2. The molecule has 0 aromatic heterocycles. The second-order valence-electron chi connectivity index (χ2n) is 5.82. The monoisotopic (exact) mass is 318 g/mol. The zero-order valence-electron chi connectivity index (χ0n) is 11.8. The Morgan fingerprint density at radius 2 is 1.52 bits per heavy atom. The van der Waals surface area contributed by atoms with Crippen molar-refractivity contribution in [3.8, 4) is 0 Å². The van der Waals surface area contributed by atoms with Gasteiger partial charge < -0.3 is 5.11 Å². The molecule has 2 aliphatic heterocycles. The Kier molecular flexibility index (Phi) is 4.89. The Bertz CT molecular complexity index is 446. The lowest BCUT2D eigenvalue weighted by Gasteiger charge is -2.40. The molecule has 0 aliphatic carbocycles. The molecule has 2 N–H and O–H groups in total. The third kappa shape index (κ3) is 4.14. The molecule has 0 bridgehead atoms. The molecule has 6 nitrogen and oxygen atoms in total. The molecule has 2 heterocycles. The first-order valence-electron chi connectivity index (χ1n) is 7.00. The zero-order chi connectivity index (χ0) is 15.6. The summed E-state index contributed by atoms with van der Waals surface area (Å²) in [6.45, 7) is 3.33. The van der Waals surface area contributed by atoms with E-state index in [1.165, 1.54) is 18.4 Å². The summed E-state index contributed by atoms with van der Waals surface area (Å²) in [5.74, 6) is 0. The molecule has 21 heavy (non-hydrogen) atoms. The molecular formula is C14H21ClNO5+.